The largest absolute Gasteiger partial charge is 0.352 e. The van der Waals surface area contributed by atoms with Crippen LogP contribution in [0.4, 0.5) is 5.69 Å². The molecule has 0 aliphatic carbocycles. The molecule has 2 aromatic rings. The third-order valence-electron chi connectivity index (χ3n) is 4.38. The molecule has 7 heteroatoms. The maximum Gasteiger partial charge on any atom is 0.251 e. The molecule has 2 aromatic carbocycles. The predicted octanol–water partition coefficient (Wildman–Crippen LogP) is 3.05. The Kier molecular flexibility index (Phi) is 9.38. The molecule has 0 aliphatic rings. The zero-order chi connectivity index (χ0) is 20.9. The smallest absolute Gasteiger partial charge is 0.251 e. The first-order valence-corrected chi connectivity index (χ1v) is 9.73. The van der Waals surface area contributed by atoms with E-state index in [0.29, 0.717) is 37.1 Å². The fourth-order valence-electron chi connectivity index (χ4n) is 2.82. The van der Waals surface area contributed by atoms with Gasteiger partial charge in [-0.2, -0.15) is 0 Å². The highest BCUT2D eigenvalue weighted by atomic mass is 16.5. The molecule has 4 N–H and O–H groups in total. The maximum atomic E-state index is 12.2. The summed E-state index contributed by atoms with van der Waals surface area (Å²) in [5.74, 6) is -0.644. The topological polar surface area (TPSA) is 108 Å². The highest BCUT2D eigenvalue weighted by molar-refractivity contribution is 5.96. The quantitative estimate of drug-likeness (QED) is 0.265. The van der Waals surface area contributed by atoms with Gasteiger partial charge >= 0.3 is 0 Å². The van der Waals surface area contributed by atoms with Crippen molar-refractivity contribution >= 4 is 23.4 Å². The summed E-state index contributed by atoms with van der Waals surface area (Å²) in [6, 6.07) is 16.3. The molecule has 2 rings (SSSR count). The zero-order valence-electron chi connectivity index (χ0n) is 16.3. The molecule has 0 atom stereocenters. The Morgan fingerprint density at radius 3 is 2.17 bits per heavy atom. The normalized spacial score (nSPS) is 10.2. The summed E-state index contributed by atoms with van der Waals surface area (Å²) in [6.45, 7) is 0.556. The molecule has 0 aromatic heterocycles. The van der Waals surface area contributed by atoms with Gasteiger partial charge in [-0.05, 0) is 42.7 Å². The number of nitrogens with one attached hydrogen (secondary N) is 3. The molecule has 0 radical (unpaired) electrons. The molecule has 0 unspecified atom stereocenters. The number of amides is 3. The van der Waals surface area contributed by atoms with Crippen molar-refractivity contribution in [3.8, 4) is 0 Å². The van der Waals surface area contributed by atoms with E-state index < -0.39 is 0 Å². The molecule has 0 saturated heterocycles. The third-order valence-corrected chi connectivity index (χ3v) is 4.38. The van der Waals surface area contributed by atoms with Gasteiger partial charge in [0, 0.05) is 24.2 Å². The Hall–Kier alpha value is -3.19. The highest BCUT2D eigenvalue weighted by Gasteiger charge is 2.07. The molecule has 0 fully saturated rings. The van der Waals surface area contributed by atoms with Crippen molar-refractivity contribution in [1.82, 2.24) is 10.8 Å². The number of benzene rings is 2. The molecule has 154 valence electrons. The molecule has 0 bridgehead atoms. The van der Waals surface area contributed by atoms with Crippen LogP contribution < -0.4 is 16.1 Å². The average molecular weight is 397 g/mol. The molecule has 0 saturated carbocycles. The van der Waals surface area contributed by atoms with Gasteiger partial charge in [-0.1, -0.05) is 43.2 Å². The minimum Gasteiger partial charge on any atom is -0.352 e. The van der Waals surface area contributed by atoms with Crippen LogP contribution in [0.3, 0.4) is 0 Å². The summed E-state index contributed by atoms with van der Waals surface area (Å²) in [6.07, 6.45) is 3.88. The average Bonchev–Trinajstić information content (AvgIpc) is 2.73. The van der Waals surface area contributed by atoms with E-state index in [1.807, 2.05) is 30.3 Å². The van der Waals surface area contributed by atoms with Gasteiger partial charge in [-0.15, -0.1) is 0 Å². The second kappa shape index (κ2) is 12.3. The molecule has 3 amide bonds. The van der Waals surface area contributed by atoms with E-state index >= 15 is 0 Å². The van der Waals surface area contributed by atoms with Crippen molar-refractivity contribution < 1.29 is 19.6 Å². The second-order valence-corrected chi connectivity index (χ2v) is 6.74. The minimum atomic E-state index is -0.377. The van der Waals surface area contributed by atoms with Gasteiger partial charge in [-0.25, -0.2) is 5.48 Å². The number of carbonyl (C=O) groups is 3. The summed E-state index contributed by atoms with van der Waals surface area (Å²) in [7, 11) is 0. The number of hydroxylamine groups is 1. The van der Waals surface area contributed by atoms with Gasteiger partial charge in [0.2, 0.25) is 11.8 Å². The monoisotopic (exact) mass is 397 g/mol. The Bertz CT molecular complexity index is 791. The van der Waals surface area contributed by atoms with Crippen molar-refractivity contribution in [2.24, 2.45) is 0 Å². The van der Waals surface area contributed by atoms with Crippen molar-refractivity contribution in [3.05, 3.63) is 65.7 Å². The first kappa shape index (κ1) is 22.1. The zero-order valence-corrected chi connectivity index (χ0v) is 16.3. The first-order chi connectivity index (χ1) is 14.1. The van der Waals surface area contributed by atoms with Crippen molar-refractivity contribution in [1.29, 1.82) is 0 Å². The van der Waals surface area contributed by atoms with Crippen molar-refractivity contribution in [2.45, 2.75) is 38.5 Å². The van der Waals surface area contributed by atoms with Crippen LogP contribution in [0.15, 0.2) is 54.6 Å². The molecule has 7 nitrogen and oxygen atoms in total. The van der Waals surface area contributed by atoms with Crippen LogP contribution >= 0.6 is 0 Å². The van der Waals surface area contributed by atoms with Crippen LogP contribution in [0.5, 0.6) is 0 Å². The summed E-state index contributed by atoms with van der Waals surface area (Å²) in [5, 5.41) is 14.1. The summed E-state index contributed by atoms with van der Waals surface area (Å²) >= 11 is 0. The van der Waals surface area contributed by atoms with Gasteiger partial charge in [-0.3, -0.25) is 19.6 Å². The second-order valence-electron chi connectivity index (χ2n) is 6.74. The van der Waals surface area contributed by atoms with E-state index in [1.54, 1.807) is 29.7 Å². The van der Waals surface area contributed by atoms with Crippen LogP contribution in [-0.4, -0.2) is 29.5 Å². The number of rotatable bonds is 11. The highest BCUT2D eigenvalue weighted by Crippen LogP contribution is 2.11. The molecule has 0 aliphatic heterocycles. The lowest BCUT2D eigenvalue weighted by Gasteiger charge is -2.08. The summed E-state index contributed by atoms with van der Waals surface area (Å²) in [5.41, 5.74) is 3.73. The van der Waals surface area contributed by atoms with Crippen LogP contribution in [-0.2, 0) is 16.0 Å². The third kappa shape index (κ3) is 8.57. The van der Waals surface area contributed by atoms with Crippen LogP contribution in [0.2, 0.25) is 0 Å². The number of hydrogen-bond donors (Lipinski definition) is 4. The van der Waals surface area contributed by atoms with Gasteiger partial charge in [0.1, 0.15) is 0 Å². The van der Waals surface area contributed by atoms with Crippen molar-refractivity contribution in [3.63, 3.8) is 0 Å². The van der Waals surface area contributed by atoms with Crippen molar-refractivity contribution in [2.75, 3.05) is 11.9 Å². The molecule has 29 heavy (non-hydrogen) atoms. The number of anilines is 1. The standard InChI is InChI=1S/C22H27N3O4/c26-20(25-29)10-6-1-2-7-15-23-22(28)18-11-13-19(14-12-18)24-21(27)16-17-8-4-3-5-9-17/h3-5,8-9,11-14,29H,1-2,6-7,10,15-16H2,(H,23,28)(H,24,27)(H,25,26). The lowest BCUT2D eigenvalue weighted by atomic mass is 10.1. The number of hydrogen-bond acceptors (Lipinski definition) is 4. The van der Waals surface area contributed by atoms with E-state index in [0.717, 1.165) is 24.8 Å². The lowest BCUT2D eigenvalue weighted by molar-refractivity contribution is -0.129. The Morgan fingerprint density at radius 2 is 1.48 bits per heavy atom. The fourth-order valence-corrected chi connectivity index (χ4v) is 2.82. The van der Waals surface area contributed by atoms with E-state index in [-0.39, 0.29) is 17.7 Å². The minimum absolute atomic E-state index is 0.107. The summed E-state index contributed by atoms with van der Waals surface area (Å²) < 4.78 is 0. The maximum absolute atomic E-state index is 12.2. The van der Waals surface area contributed by atoms with Gasteiger partial charge in [0.25, 0.3) is 5.91 Å². The van der Waals surface area contributed by atoms with Crippen LogP contribution in [0.25, 0.3) is 0 Å². The Balaban J connectivity index is 1.66. The molecule has 0 spiro atoms. The van der Waals surface area contributed by atoms with Crippen LogP contribution in [0.1, 0.15) is 48.0 Å². The summed E-state index contributed by atoms with van der Waals surface area (Å²) in [4.78, 5) is 35.1. The van der Waals surface area contributed by atoms with Gasteiger partial charge < -0.3 is 10.6 Å². The van der Waals surface area contributed by atoms with E-state index in [9.17, 15) is 14.4 Å². The molecular formula is C22H27N3O4. The Morgan fingerprint density at radius 1 is 0.793 bits per heavy atom. The first-order valence-electron chi connectivity index (χ1n) is 9.73. The van der Waals surface area contributed by atoms with Gasteiger partial charge in [0.15, 0.2) is 0 Å². The Labute approximate surface area is 170 Å². The van der Waals surface area contributed by atoms with E-state index in [4.69, 9.17) is 5.21 Å². The van der Waals surface area contributed by atoms with Crippen LogP contribution in [0, 0.1) is 0 Å². The van der Waals surface area contributed by atoms with E-state index in [2.05, 4.69) is 10.6 Å². The lowest BCUT2D eigenvalue weighted by Crippen LogP contribution is -2.24. The number of carbonyl (C=O) groups excluding carboxylic acids is 3. The molecule has 0 heterocycles. The number of unbranched alkanes of at least 4 members (excludes halogenated alkanes) is 3. The SMILES string of the molecule is O=C(CCCCCCNC(=O)c1ccc(NC(=O)Cc2ccccc2)cc1)NO. The predicted molar refractivity (Wildman–Crippen MR) is 111 cm³/mol. The fraction of sp³-hybridized carbons (Fsp3) is 0.318. The van der Waals surface area contributed by atoms with Gasteiger partial charge in [0.05, 0.1) is 6.42 Å². The molecular weight excluding hydrogens is 370 g/mol. The van der Waals surface area contributed by atoms with E-state index in [1.165, 1.54) is 0 Å².